The van der Waals surface area contributed by atoms with Gasteiger partial charge in [0.05, 0.1) is 24.5 Å². The number of ether oxygens (including phenoxy) is 3. The minimum Gasteiger partial charge on any atom is -0.490 e. The summed E-state index contributed by atoms with van der Waals surface area (Å²) >= 11 is 6.41. The zero-order valence-electron chi connectivity index (χ0n) is 25.8. The fourth-order valence-corrected chi connectivity index (χ4v) is 9.66. The Kier molecular flexibility index (Phi) is 9.03. The van der Waals surface area contributed by atoms with Crippen LogP contribution in [0.4, 0.5) is 5.69 Å². The summed E-state index contributed by atoms with van der Waals surface area (Å²) in [5.41, 5.74) is 3.40. The van der Waals surface area contributed by atoms with Gasteiger partial charge in [-0.2, -0.15) is 0 Å². The predicted molar refractivity (Wildman–Crippen MR) is 172 cm³/mol. The highest BCUT2D eigenvalue weighted by Crippen LogP contribution is 2.47. The van der Waals surface area contributed by atoms with Crippen LogP contribution in [-0.2, 0) is 31.3 Å². The lowest BCUT2D eigenvalue weighted by molar-refractivity contribution is 0.0129. The van der Waals surface area contributed by atoms with Crippen molar-refractivity contribution in [3.8, 4) is 5.75 Å². The number of amides is 1. The maximum atomic E-state index is 13.5. The van der Waals surface area contributed by atoms with Gasteiger partial charge in [-0.1, -0.05) is 36.7 Å². The van der Waals surface area contributed by atoms with Gasteiger partial charge in [0.25, 0.3) is 5.91 Å². The van der Waals surface area contributed by atoms with Gasteiger partial charge >= 0.3 is 0 Å². The molecule has 1 fully saturated rings. The summed E-state index contributed by atoms with van der Waals surface area (Å²) in [7, 11) is -0.778. The number of aryl methyl sites for hydroxylation is 1. The molecule has 238 valence electrons. The molecule has 10 heteroatoms. The quantitative estimate of drug-likeness (QED) is 0.432. The number of fused-ring (bicyclic) bond motifs is 4. The van der Waals surface area contributed by atoms with Crippen molar-refractivity contribution < 1.29 is 27.4 Å². The van der Waals surface area contributed by atoms with Gasteiger partial charge in [0.2, 0.25) is 10.0 Å². The van der Waals surface area contributed by atoms with Gasteiger partial charge in [0, 0.05) is 43.3 Å². The standard InChI is InChI=1S/C34H43ClN2O6S/c1-4-32-31(42-3)9-5-8-29(41-2)26-13-10-24(26)19-37-20-34(16-6-7-22-17-25(35)12-14-27(22)34)21-43-30-15-11-23(18-28(30)37)33(38)36-44(32,39)40/h5,8,11-12,14-15,17-18,24,26,29,31-32H,4,6-7,9-10,13,16,19-21H2,1-3H3,(H,36,38)/b8-5+/t24-,26+,29-,31-,32-,34-/m0/s1. The fraction of sp³-hybridized carbons (Fsp3) is 0.559. The van der Waals surface area contributed by atoms with E-state index in [1.54, 1.807) is 26.2 Å². The lowest BCUT2D eigenvalue weighted by Crippen LogP contribution is -2.49. The summed E-state index contributed by atoms with van der Waals surface area (Å²) in [6.45, 7) is 3.81. The molecule has 1 saturated carbocycles. The van der Waals surface area contributed by atoms with E-state index >= 15 is 0 Å². The maximum Gasteiger partial charge on any atom is 0.264 e. The monoisotopic (exact) mass is 642 g/mol. The van der Waals surface area contributed by atoms with Gasteiger partial charge in [0.15, 0.2) is 0 Å². The first-order valence-corrected chi connectivity index (χ1v) is 17.7. The van der Waals surface area contributed by atoms with Crippen LogP contribution in [0.3, 0.4) is 0 Å². The molecular formula is C34H43ClN2O6S. The van der Waals surface area contributed by atoms with Crippen LogP contribution in [0.25, 0.3) is 0 Å². The Morgan fingerprint density at radius 3 is 2.70 bits per heavy atom. The second-order valence-corrected chi connectivity index (χ2v) is 15.2. The summed E-state index contributed by atoms with van der Waals surface area (Å²) in [4.78, 5) is 15.9. The van der Waals surface area contributed by atoms with Crippen LogP contribution < -0.4 is 14.4 Å². The van der Waals surface area contributed by atoms with E-state index in [1.165, 1.54) is 18.2 Å². The average Bonchev–Trinajstić information content (AvgIpc) is 3.14. The number of nitrogens with zero attached hydrogens (tertiary/aromatic N) is 1. The SMILES string of the molecule is CC[C@H]1[C@@H](OC)C/C=C/[C@H](OC)[C@@H]2CC[C@H]2CN2C[C@@]3(CCCc4cc(Cl)ccc43)COc3ccc(cc32)C(=O)NS1(=O)=O. The van der Waals surface area contributed by atoms with E-state index in [0.29, 0.717) is 37.0 Å². The number of carbonyl (C=O) groups is 1. The van der Waals surface area contributed by atoms with Crippen molar-refractivity contribution in [2.75, 3.05) is 38.8 Å². The lowest BCUT2D eigenvalue weighted by Gasteiger charge is -2.46. The average molecular weight is 643 g/mol. The van der Waals surface area contributed by atoms with Gasteiger partial charge in [-0.25, -0.2) is 13.1 Å². The van der Waals surface area contributed by atoms with Gasteiger partial charge in [-0.05, 0) is 98.2 Å². The zero-order chi connectivity index (χ0) is 31.1. The Morgan fingerprint density at radius 2 is 1.98 bits per heavy atom. The number of anilines is 1. The molecule has 2 aliphatic heterocycles. The number of sulfonamides is 1. The molecule has 1 N–H and O–H groups in total. The molecule has 2 aromatic rings. The minimum atomic E-state index is -4.03. The largest absolute Gasteiger partial charge is 0.490 e. The summed E-state index contributed by atoms with van der Waals surface area (Å²) in [6, 6.07) is 11.5. The molecule has 0 radical (unpaired) electrons. The molecular weight excluding hydrogens is 600 g/mol. The van der Waals surface area contributed by atoms with E-state index in [4.69, 9.17) is 25.8 Å². The molecule has 2 heterocycles. The number of hydrogen-bond donors (Lipinski definition) is 1. The summed E-state index contributed by atoms with van der Waals surface area (Å²) in [5.74, 6) is 0.756. The number of benzene rings is 2. The molecule has 0 saturated heterocycles. The zero-order valence-corrected chi connectivity index (χ0v) is 27.3. The number of carbonyl (C=O) groups excluding carboxylic acids is 1. The van der Waals surface area contributed by atoms with Crippen LogP contribution in [-0.4, -0.2) is 65.7 Å². The first-order chi connectivity index (χ1) is 21.2. The summed E-state index contributed by atoms with van der Waals surface area (Å²) in [6.07, 6.45) is 9.18. The molecule has 6 rings (SSSR count). The molecule has 8 nitrogen and oxygen atoms in total. The number of halogens is 1. The second kappa shape index (κ2) is 12.7. The van der Waals surface area contributed by atoms with Crippen LogP contribution >= 0.6 is 11.6 Å². The highest BCUT2D eigenvalue weighted by molar-refractivity contribution is 7.90. The number of rotatable bonds is 3. The van der Waals surface area contributed by atoms with Crippen molar-refractivity contribution in [2.45, 2.75) is 74.7 Å². The highest BCUT2D eigenvalue weighted by Gasteiger charge is 2.44. The molecule has 0 aromatic heterocycles. The van der Waals surface area contributed by atoms with E-state index in [2.05, 4.69) is 27.8 Å². The van der Waals surface area contributed by atoms with Crippen molar-refractivity contribution in [1.29, 1.82) is 0 Å². The Hall–Kier alpha value is -2.59. The van der Waals surface area contributed by atoms with E-state index in [0.717, 1.165) is 55.9 Å². The third-order valence-electron chi connectivity index (χ3n) is 10.4. The molecule has 2 aromatic carbocycles. The van der Waals surface area contributed by atoms with E-state index in [-0.39, 0.29) is 17.1 Å². The first-order valence-electron chi connectivity index (χ1n) is 15.8. The predicted octanol–water partition coefficient (Wildman–Crippen LogP) is 5.67. The van der Waals surface area contributed by atoms with Crippen molar-refractivity contribution in [3.63, 3.8) is 0 Å². The van der Waals surface area contributed by atoms with Crippen molar-refractivity contribution in [1.82, 2.24) is 4.72 Å². The Labute approximate surface area is 266 Å². The van der Waals surface area contributed by atoms with Gasteiger partial charge in [-0.3, -0.25) is 4.79 Å². The molecule has 0 unspecified atom stereocenters. The van der Waals surface area contributed by atoms with Gasteiger partial charge < -0.3 is 19.1 Å². The normalized spacial score (nSPS) is 32.3. The molecule has 1 amide bonds. The Balaban J connectivity index is 1.43. The number of nitrogens with one attached hydrogen (secondary N) is 1. The minimum absolute atomic E-state index is 0.0870. The van der Waals surface area contributed by atoms with E-state index in [9.17, 15) is 13.2 Å². The smallest absolute Gasteiger partial charge is 0.264 e. The van der Waals surface area contributed by atoms with E-state index in [1.807, 2.05) is 18.2 Å². The third kappa shape index (κ3) is 5.88. The van der Waals surface area contributed by atoms with Gasteiger partial charge in [0.1, 0.15) is 11.0 Å². The molecule has 2 bridgehead atoms. The molecule has 2 aliphatic carbocycles. The Bertz CT molecular complexity index is 1530. The van der Waals surface area contributed by atoms with E-state index < -0.39 is 27.3 Å². The third-order valence-corrected chi connectivity index (χ3v) is 12.5. The fourth-order valence-electron chi connectivity index (χ4n) is 7.88. The highest BCUT2D eigenvalue weighted by atomic mass is 35.5. The van der Waals surface area contributed by atoms with Crippen molar-refractivity contribution >= 4 is 33.2 Å². The molecule has 1 spiro atoms. The number of hydrogen-bond acceptors (Lipinski definition) is 7. The van der Waals surface area contributed by atoms with Crippen LogP contribution in [0.5, 0.6) is 5.75 Å². The molecule has 6 atom stereocenters. The summed E-state index contributed by atoms with van der Waals surface area (Å²) < 4.78 is 47.6. The van der Waals surface area contributed by atoms with Crippen LogP contribution in [0.1, 0.15) is 66.9 Å². The maximum absolute atomic E-state index is 13.5. The lowest BCUT2D eigenvalue weighted by atomic mass is 9.68. The summed E-state index contributed by atoms with van der Waals surface area (Å²) in [5, 5.41) is -0.154. The topological polar surface area (TPSA) is 94.2 Å². The second-order valence-electron chi connectivity index (χ2n) is 12.8. The van der Waals surface area contributed by atoms with Crippen LogP contribution in [0.15, 0.2) is 48.6 Å². The van der Waals surface area contributed by atoms with Crippen molar-refractivity contribution in [2.24, 2.45) is 11.8 Å². The van der Waals surface area contributed by atoms with Gasteiger partial charge in [-0.15, -0.1) is 0 Å². The van der Waals surface area contributed by atoms with Crippen molar-refractivity contribution in [3.05, 3.63) is 70.3 Å². The molecule has 4 aliphatic rings. The number of methoxy groups -OCH3 is 2. The molecule has 44 heavy (non-hydrogen) atoms. The van der Waals surface area contributed by atoms with Crippen LogP contribution in [0.2, 0.25) is 5.02 Å². The first kappa shape index (κ1) is 31.4. The van der Waals surface area contributed by atoms with Crippen LogP contribution in [0, 0.1) is 11.8 Å². The Morgan fingerprint density at radius 1 is 1.14 bits per heavy atom.